The van der Waals surface area contributed by atoms with Gasteiger partial charge in [-0.3, -0.25) is 16.0 Å². The summed E-state index contributed by atoms with van der Waals surface area (Å²) in [6, 6.07) is -0.108. The fraction of sp³-hybridized carbons (Fsp3) is 0.625. The number of hydrogen-bond acceptors (Lipinski definition) is 5. The van der Waals surface area contributed by atoms with Gasteiger partial charge in [0.1, 0.15) is 5.82 Å². The van der Waals surface area contributed by atoms with Crippen molar-refractivity contribution in [3.63, 3.8) is 0 Å². The van der Waals surface area contributed by atoms with Gasteiger partial charge < -0.3 is 10.5 Å². The Hall–Kier alpha value is -1.11. The fourth-order valence-corrected chi connectivity index (χ4v) is 1.20. The Bertz CT molecular complexity index is 285. The van der Waals surface area contributed by atoms with Crippen LogP contribution < -0.4 is 17.0 Å². The summed E-state index contributed by atoms with van der Waals surface area (Å²) in [5, 5.41) is 4.03. The van der Waals surface area contributed by atoms with E-state index in [-0.39, 0.29) is 6.04 Å². The van der Waals surface area contributed by atoms with Crippen LogP contribution in [-0.4, -0.2) is 23.0 Å². The Kier molecular flexibility index (Phi) is 3.87. The van der Waals surface area contributed by atoms with Crippen molar-refractivity contribution in [2.45, 2.75) is 13.0 Å². The number of nitrogens with zero attached hydrogens (tertiary/aromatic N) is 2. The molecule has 1 atom stereocenters. The highest BCUT2D eigenvalue weighted by Gasteiger charge is 2.15. The van der Waals surface area contributed by atoms with E-state index in [0.29, 0.717) is 19.0 Å². The van der Waals surface area contributed by atoms with E-state index in [1.54, 1.807) is 17.9 Å². The number of nitrogen functional groups attached to an aromatic ring is 1. The summed E-state index contributed by atoms with van der Waals surface area (Å²) in [6.07, 6.45) is 1.69. The summed E-state index contributed by atoms with van der Waals surface area (Å²) in [5.41, 5.74) is 9.31. The van der Waals surface area contributed by atoms with Gasteiger partial charge in [0, 0.05) is 19.2 Å². The lowest BCUT2D eigenvalue weighted by atomic mass is 10.1. The zero-order valence-corrected chi connectivity index (χ0v) is 8.53. The van der Waals surface area contributed by atoms with Gasteiger partial charge in [-0.15, -0.1) is 0 Å². The van der Waals surface area contributed by atoms with Crippen LogP contribution in [0.3, 0.4) is 0 Å². The lowest BCUT2D eigenvalue weighted by molar-refractivity contribution is 0.123. The van der Waals surface area contributed by atoms with Gasteiger partial charge in [0.25, 0.3) is 0 Å². The number of aryl methyl sites for hydroxylation is 1. The average molecular weight is 199 g/mol. The van der Waals surface area contributed by atoms with Crippen LogP contribution in [0.4, 0.5) is 5.82 Å². The summed E-state index contributed by atoms with van der Waals surface area (Å²) in [7, 11) is 1.78. The lowest BCUT2D eigenvalue weighted by Gasteiger charge is -2.14. The molecule has 1 aromatic rings. The molecule has 1 unspecified atom stereocenters. The molecule has 0 aliphatic rings. The third-order valence-electron chi connectivity index (χ3n) is 2.08. The topological polar surface area (TPSA) is 91.1 Å². The van der Waals surface area contributed by atoms with Crippen molar-refractivity contribution < 1.29 is 4.74 Å². The van der Waals surface area contributed by atoms with Gasteiger partial charge >= 0.3 is 0 Å². The van der Waals surface area contributed by atoms with Crippen LogP contribution in [0.5, 0.6) is 0 Å². The van der Waals surface area contributed by atoms with E-state index in [4.69, 9.17) is 16.3 Å². The quantitative estimate of drug-likeness (QED) is 0.441. The van der Waals surface area contributed by atoms with Crippen LogP contribution in [0.2, 0.25) is 0 Å². The Balaban J connectivity index is 2.73. The third kappa shape index (κ3) is 2.22. The molecular weight excluding hydrogens is 182 g/mol. The van der Waals surface area contributed by atoms with E-state index in [0.717, 1.165) is 5.56 Å². The monoisotopic (exact) mass is 199 g/mol. The van der Waals surface area contributed by atoms with Crippen molar-refractivity contribution in [2.24, 2.45) is 12.9 Å². The highest BCUT2D eigenvalue weighted by molar-refractivity contribution is 5.40. The SMILES string of the molecule is CCOCC(NN)c1cnn(C)c1N. The fourth-order valence-electron chi connectivity index (χ4n) is 1.20. The molecule has 1 heterocycles. The Morgan fingerprint density at radius 2 is 2.43 bits per heavy atom. The van der Waals surface area contributed by atoms with Gasteiger partial charge in [0.2, 0.25) is 0 Å². The Morgan fingerprint density at radius 1 is 1.71 bits per heavy atom. The standard InChI is InChI=1S/C8H17N5O/c1-3-14-5-7(12-10)6-4-11-13(2)8(6)9/h4,7,12H,3,5,9-10H2,1-2H3. The molecule has 1 rings (SSSR count). The summed E-state index contributed by atoms with van der Waals surface area (Å²) in [5.74, 6) is 6.01. The maximum atomic E-state index is 5.80. The smallest absolute Gasteiger partial charge is 0.126 e. The molecule has 6 nitrogen and oxygen atoms in total. The second-order valence-corrected chi connectivity index (χ2v) is 2.99. The molecule has 14 heavy (non-hydrogen) atoms. The largest absolute Gasteiger partial charge is 0.384 e. The number of anilines is 1. The van der Waals surface area contributed by atoms with E-state index in [1.165, 1.54) is 0 Å². The molecule has 0 aliphatic heterocycles. The number of aromatic nitrogens is 2. The third-order valence-corrected chi connectivity index (χ3v) is 2.08. The minimum atomic E-state index is -0.108. The number of hydrazine groups is 1. The zero-order chi connectivity index (χ0) is 10.6. The van der Waals surface area contributed by atoms with Crippen molar-refractivity contribution >= 4 is 5.82 Å². The van der Waals surface area contributed by atoms with E-state index in [9.17, 15) is 0 Å². The van der Waals surface area contributed by atoms with E-state index >= 15 is 0 Å². The van der Waals surface area contributed by atoms with Crippen molar-refractivity contribution in [1.82, 2.24) is 15.2 Å². The van der Waals surface area contributed by atoms with Gasteiger partial charge in [0.15, 0.2) is 0 Å². The number of hydrogen-bond donors (Lipinski definition) is 3. The summed E-state index contributed by atoms with van der Waals surface area (Å²) in [4.78, 5) is 0. The molecule has 80 valence electrons. The second kappa shape index (κ2) is 4.94. The van der Waals surface area contributed by atoms with Crippen LogP contribution in [0.25, 0.3) is 0 Å². The van der Waals surface area contributed by atoms with Crippen molar-refractivity contribution in [2.75, 3.05) is 18.9 Å². The summed E-state index contributed by atoms with van der Waals surface area (Å²) >= 11 is 0. The average Bonchev–Trinajstić information content (AvgIpc) is 2.51. The molecule has 0 radical (unpaired) electrons. The molecular formula is C8H17N5O. The van der Waals surface area contributed by atoms with E-state index < -0.39 is 0 Å². The van der Waals surface area contributed by atoms with Crippen LogP contribution in [0.15, 0.2) is 6.20 Å². The van der Waals surface area contributed by atoms with Gasteiger partial charge in [-0.2, -0.15) is 5.10 Å². The second-order valence-electron chi connectivity index (χ2n) is 2.99. The Morgan fingerprint density at radius 3 is 2.86 bits per heavy atom. The Labute approximate surface area is 83.2 Å². The molecule has 5 N–H and O–H groups in total. The molecule has 0 saturated heterocycles. The predicted octanol–water partition coefficient (Wildman–Crippen LogP) is -0.457. The first-order chi connectivity index (χ1) is 6.70. The van der Waals surface area contributed by atoms with Crippen molar-refractivity contribution in [3.05, 3.63) is 11.8 Å². The van der Waals surface area contributed by atoms with Crippen LogP contribution >= 0.6 is 0 Å². The van der Waals surface area contributed by atoms with Gasteiger partial charge in [-0.1, -0.05) is 0 Å². The van der Waals surface area contributed by atoms with E-state index in [2.05, 4.69) is 10.5 Å². The first-order valence-corrected chi connectivity index (χ1v) is 4.52. The summed E-state index contributed by atoms with van der Waals surface area (Å²) in [6.45, 7) is 3.07. The molecule has 0 saturated carbocycles. The zero-order valence-electron chi connectivity index (χ0n) is 8.53. The molecule has 0 spiro atoms. The summed E-state index contributed by atoms with van der Waals surface area (Å²) < 4.78 is 6.87. The highest BCUT2D eigenvalue weighted by atomic mass is 16.5. The highest BCUT2D eigenvalue weighted by Crippen LogP contribution is 2.18. The van der Waals surface area contributed by atoms with Gasteiger partial charge in [-0.25, -0.2) is 0 Å². The molecule has 0 aromatic carbocycles. The predicted molar refractivity (Wildman–Crippen MR) is 54.2 cm³/mol. The lowest BCUT2D eigenvalue weighted by Crippen LogP contribution is -2.31. The maximum Gasteiger partial charge on any atom is 0.126 e. The maximum absolute atomic E-state index is 5.80. The van der Waals surface area contributed by atoms with Crippen molar-refractivity contribution in [1.29, 1.82) is 0 Å². The minimum absolute atomic E-state index is 0.108. The van der Waals surface area contributed by atoms with E-state index in [1.807, 2.05) is 6.92 Å². The molecule has 1 aromatic heterocycles. The number of nitrogens with two attached hydrogens (primary N) is 2. The number of rotatable bonds is 5. The first-order valence-electron chi connectivity index (χ1n) is 4.52. The number of nitrogens with one attached hydrogen (secondary N) is 1. The molecule has 0 amide bonds. The number of ether oxygens (including phenoxy) is 1. The van der Waals surface area contributed by atoms with Crippen molar-refractivity contribution in [3.8, 4) is 0 Å². The normalized spacial score (nSPS) is 13.1. The van der Waals surface area contributed by atoms with Crippen LogP contribution in [-0.2, 0) is 11.8 Å². The van der Waals surface area contributed by atoms with Gasteiger partial charge in [-0.05, 0) is 6.92 Å². The van der Waals surface area contributed by atoms with Crippen LogP contribution in [0, 0.1) is 0 Å². The molecule has 0 aliphatic carbocycles. The van der Waals surface area contributed by atoms with Gasteiger partial charge in [0.05, 0.1) is 18.8 Å². The molecule has 0 bridgehead atoms. The minimum Gasteiger partial charge on any atom is -0.384 e. The molecule has 0 fully saturated rings. The molecule has 6 heteroatoms. The first kappa shape index (κ1) is 11.0. The van der Waals surface area contributed by atoms with Crippen LogP contribution in [0.1, 0.15) is 18.5 Å².